The maximum atomic E-state index is 12.6. The Morgan fingerprint density at radius 3 is 2.26 bits per heavy atom. The van der Waals surface area contributed by atoms with Crippen LogP contribution in [0.15, 0.2) is 72.8 Å². The van der Waals surface area contributed by atoms with Crippen LogP contribution in [-0.4, -0.2) is 12.6 Å². The second-order valence-corrected chi connectivity index (χ2v) is 5.69. The lowest BCUT2D eigenvalue weighted by atomic mass is 10.0. The van der Waals surface area contributed by atoms with Crippen molar-refractivity contribution in [1.82, 2.24) is 0 Å². The van der Waals surface area contributed by atoms with Gasteiger partial charge < -0.3 is 9.47 Å². The molecule has 0 saturated carbocycles. The number of halogens is 3. The first-order chi connectivity index (χ1) is 13.0. The van der Waals surface area contributed by atoms with E-state index in [4.69, 9.17) is 4.74 Å². The van der Waals surface area contributed by atoms with Crippen LogP contribution in [0.1, 0.15) is 15.9 Å². The molecule has 3 aromatic carbocycles. The van der Waals surface area contributed by atoms with Crippen molar-refractivity contribution in [3.8, 4) is 22.6 Å². The molecule has 0 radical (unpaired) electrons. The molecular weight excluding hydrogens is 357 g/mol. The van der Waals surface area contributed by atoms with Crippen molar-refractivity contribution < 1.29 is 27.4 Å². The Kier molecular flexibility index (Phi) is 5.45. The van der Waals surface area contributed by atoms with Gasteiger partial charge in [-0.2, -0.15) is 0 Å². The predicted molar refractivity (Wildman–Crippen MR) is 94.7 cm³/mol. The fourth-order valence-electron chi connectivity index (χ4n) is 2.58. The van der Waals surface area contributed by atoms with Gasteiger partial charge >= 0.3 is 6.36 Å². The van der Waals surface area contributed by atoms with Gasteiger partial charge in [-0.05, 0) is 29.3 Å². The topological polar surface area (TPSA) is 35.5 Å². The van der Waals surface area contributed by atoms with Gasteiger partial charge in [-0.3, -0.25) is 4.79 Å². The van der Waals surface area contributed by atoms with Gasteiger partial charge in [-0.15, -0.1) is 13.2 Å². The van der Waals surface area contributed by atoms with E-state index in [2.05, 4.69) is 4.74 Å². The number of carbonyl (C=O) groups excluding carboxylic acids is 1. The summed E-state index contributed by atoms with van der Waals surface area (Å²) >= 11 is 0. The van der Waals surface area contributed by atoms with Crippen molar-refractivity contribution in [2.45, 2.75) is 13.0 Å². The van der Waals surface area contributed by atoms with Gasteiger partial charge in [0.2, 0.25) is 0 Å². The Balaban J connectivity index is 1.92. The number of rotatable bonds is 6. The molecule has 0 atom stereocenters. The smallest absolute Gasteiger partial charge is 0.488 e. The number of para-hydroxylation sites is 1. The van der Waals surface area contributed by atoms with E-state index in [1.807, 2.05) is 30.3 Å². The zero-order chi connectivity index (χ0) is 19.3. The van der Waals surface area contributed by atoms with Crippen LogP contribution in [0.4, 0.5) is 13.2 Å². The summed E-state index contributed by atoms with van der Waals surface area (Å²) in [5.41, 5.74) is 1.82. The van der Waals surface area contributed by atoms with E-state index in [-0.39, 0.29) is 5.56 Å². The van der Waals surface area contributed by atoms with Crippen LogP contribution in [0.25, 0.3) is 11.1 Å². The van der Waals surface area contributed by atoms with E-state index in [0.29, 0.717) is 29.8 Å². The number of hydrogen-bond donors (Lipinski definition) is 0. The Bertz CT molecular complexity index is 921. The summed E-state index contributed by atoms with van der Waals surface area (Å²) in [5.74, 6) is -0.0361. The third-order valence-corrected chi connectivity index (χ3v) is 3.80. The number of alkyl halides is 3. The summed E-state index contributed by atoms with van der Waals surface area (Å²) in [6.45, 7) is 0.316. The first-order valence-electron chi connectivity index (χ1n) is 8.07. The minimum Gasteiger partial charge on any atom is -0.488 e. The summed E-state index contributed by atoms with van der Waals surface area (Å²) in [6.07, 6.45) is -4.57. The van der Waals surface area contributed by atoms with E-state index >= 15 is 0 Å². The van der Waals surface area contributed by atoms with E-state index in [1.165, 1.54) is 12.1 Å². The summed E-state index contributed by atoms with van der Waals surface area (Å²) in [4.78, 5) is 11.0. The minimum absolute atomic E-state index is 0.182. The molecule has 0 saturated heterocycles. The molecule has 0 aliphatic rings. The summed E-state index contributed by atoms with van der Waals surface area (Å²) in [5, 5.41) is 0. The van der Waals surface area contributed by atoms with Gasteiger partial charge in [0.15, 0.2) is 6.29 Å². The first-order valence-corrected chi connectivity index (χ1v) is 8.07. The van der Waals surface area contributed by atoms with E-state index in [1.54, 1.807) is 30.3 Å². The van der Waals surface area contributed by atoms with Crippen LogP contribution in [0.2, 0.25) is 0 Å². The molecule has 0 spiro atoms. The summed E-state index contributed by atoms with van der Waals surface area (Å²) < 4.78 is 47.7. The molecular formula is C21H15F3O3. The molecule has 0 aliphatic carbocycles. The summed E-state index contributed by atoms with van der Waals surface area (Å²) in [7, 11) is 0. The predicted octanol–water partition coefficient (Wildman–Crippen LogP) is 5.64. The molecule has 0 amide bonds. The van der Waals surface area contributed by atoms with Gasteiger partial charge in [0, 0.05) is 5.56 Å². The van der Waals surface area contributed by atoms with Gasteiger partial charge in [0.25, 0.3) is 0 Å². The zero-order valence-corrected chi connectivity index (χ0v) is 14.1. The number of ether oxygens (including phenoxy) is 2. The average Bonchev–Trinajstić information content (AvgIpc) is 2.66. The van der Waals surface area contributed by atoms with Crippen LogP contribution in [0.5, 0.6) is 11.5 Å². The molecule has 3 aromatic rings. The fourth-order valence-corrected chi connectivity index (χ4v) is 2.58. The molecule has 3 nitrogen and oxygen atoms in total. The quantitative estimate of drug-likeness (QED) is 0.525. The molecule has 0 bridgehead atoms. The van der Waals surface area contributed by atoms with Crippen LogP contribution < -0.4 is 9.47 Å². The standard InChI is InChI=1S/C21H15F3O3/c22-21(23,24)27-20-12-16(10-11-17(20)13-25)18-8-4-5-9-19(18)26-14-15-6-2-1-3-7-15/h1-13H,14H2. The highest BCUT2D eigenvalue weighted by molar-refractivity contribution is 5.82. The van der Waals surface area contributed by atoms with Crippen molar-refractivity contribution in [3.05, 3.63) is 83.9 Å². The van der Waals surface area contributed by atoms with Crippen LogP contribution in [-0.2, 0) is 6.61 Å². The highest BCUT2D eigenvalue weighted by atomic mass is 19.4. The summed E-state index contributed by atoms with van der Waals surface area (Å²) in [6, 6.07) is 20.5. The van der Waals surface area contributed by atoms with E-state index < -0.39 is 12.1 Å². The lowest BCUT2D eigenvalue weighted by Gasteiger charge is -2.15. The highest BCUT2D eigenvalue weighted by Gasteiger charge is 2.32. The lowest BCUT2D eigenvalue weighted by molar-refractivity contribution is -0.274. The Labute approximate surface area is 154 Å². The van der Waals surface area contributed by atoms with Crippen molar-refractivity contribution in [2.75, 3.05) is 0 Å². The molecule has 138 valence electrons. The third kappa shape index (κ3) is 4.88. The molecule has 0 fully saturated rings. The van der Waals surface area contributed by atoms with Crippen LogP contribution in [0.3, 0.4) is 0 Å². The van der Waals surface area contributed by atoms with Crippen LogP contribution >= 0.6 is 0 Å². The SMILES string of the molecule is O=Cc1ccc(-c2ccccc2OCc2ccccc2)cc1OC(F)(F)F. The molecule has 27 heavy (non-hydrogen) atoms. The van der Waals surface area contributed by atoms with Gasteiger partial charge in [-0.1, -0.05) is 54.6 Å². The molecule has 0 aliphatic heterocycles. The minimum atomic E-state index is -4.89. The average molecular weight is 372 g/mol. The number of aldehydes is 1. The molecule has 6 heteroatoms. The molecule has 0 N–H and O–H groups in total. The van der Waals surface area contributed by atoms with Crippen molar-refractivity contribution in [1.29, 1.82) is 0 Å². The Morgan fingerprint density at radius 2 is 1.56 bits per heavy atom. The number of carbonyl (C=O) groups is 1. The van der Waals surface area contributed by atoms with Gasteiger partial charge in [-0.25, -0.2) is 0 Å². The Hall–Kier alpha value is -3.28. The molecule has 3 rings (SSSR count). The fraction of sp³-hybridized carbons (Fsp3) is 0.0952. The monoisotopic (exact) mass is 372 g/mol. The second-order valence-electron chi connectivity index (χ2n) is 5.69. The largest absolute Gasteiger partial charge is 0.573 e. The Morgan fingerprint density at radius 1 is 0.852 bits per heavy atom. The van der Waals surface area contributed by atoms with Crippen molar-refractivity contribution >= 4 is 6.29 Å². The first kappa shape index (κ1) is 18.5. The van der Waals surface area contributed by atoms with Crippen LogP contribution in [0, 0.1) is 0 Å². The van der Waals surface area contributed by atoms with Crippen molar-refractivity contribution in [3.63, 3.8) is 0 Å². The van der Waals surface area contributed by atoms with Gasteiger partial charge in [0.05, 0.1) is 5.56 Å². The van der Waals surface area contributed by atoms with E-state index in [0.717, 1.165) is 5.56 Å². The molecule has 0 aromatic heterocycles. The van der Waals surface area contributed by atoms with Gasteiger partial charge in [0.1, 0.15) is 18.1 Å². The highest BCUT2D eigenvalue weighted by Crippen LogP contribution is 2.35. The number of hydrogen-bond acceptors (Lipinski definition) is 3. The number of benzene rings is 3. The zero-order valence-electron chi connectivity index (χ0n) is 14.1. The lowest BCUT2D eigenvalue weighted by Crippen LogP contribution is -2.18. The van der Waals surface area contributed by atoms with Crippen molar-refractivity contribution in [2.24, 2.45) is 0 Å². The molecule has 0 unspecified atom stereocenters. The second kappa shape index (κ2) is 7.95. The normalized spacial score (nSPS) is 11.1. The molecule has 0 heterocycles. The third-order valence-electron chi connectivity index (χ3n) is 3.80. The maximum Gasteiger partial charge on any atom is 0.573 e. The maximum absolute atomic E-state index is 12.6. The van der Waals surface area contributed by atoms with E-state index in [9.17, 15) is 18.0 Å².